The van der Waals surface area contributed by atoms with Crippen LogP contribution in [0.2, 0.25) is 0 Å². The minimum atomic E-state index is -2.18. The van der Waals surface area contributed by atoms with Crippen molar-refractivity contribution in [2.24, 2.45) is 11.8 Å². The normalized spacial score (nSPS) is 14.0. The summed E-state index contributed by atoms with van der Waals surface area (Å²) >= 11 is 0. The standard InChI is InChI=1S/2C18H36O2.C7H14O6/c2*1-17(2)15-13-11-9-7-5-3-4-6-8-10-12-14-16-18(19)20;1-7(13,5(11)3-9)6(12)4(10)2-8/h2*17H,3-16H2,1-2H3,(H,19,20);3-6,8,10-13H,2H2,1H3/t;;4-,5+,6-,7-/m..1/s1. The quantitative estimate of drug-likeness (QED) is 0.0242. The number of aliphatic hydroxyl groups excluding tert-OH is 4. The van der Waals surface area contributed by atoms with Gasteiger partial charge < -0.3 is 40.5 Å². The lowest BCUT2D eigenvalue weighted by Crippen LogP contribution is -2.56. The molecule has 7 N–H and O–H groups in total. The van der Waals surface area contributed by atoms with Crippen molar-refractivity contribution in [3.63, 3.8) is 0 Å². The first kappa shape index (κ1) is 55.7. The predicted molar refractivity (Wildman–Crippen MR) is 216 cm³/mol. The maximum atomic E-state index is 10.3. The maximum absolute atomic E-state index is 10.3. The Morgan fingerprint density at radius 2 is 0.755 bits per heavy atom. The van der Waals surface area contributed by atoms with E-state index in [9.17, 15) is 19.5 Å². The van der Waals surface area contributed by atoms with Gasteiger partial charge in [-0.15, -0.1) is 0 Å². The van der Waals surface area contributed by atoms with Gasteiger partial charge in [0.05, 0.1) is 6.61 Å². The molecule has 0 heterocycles. The minimum absolute atomic E-state index is 0.0350. The summed E-state index contributed by atoms with van der Waals surface area (Å²) in [7, 11) is 0. The average Bonchev–Trinajstić information content (AvgIpc) is 3.10. The molecule has 0 fully saturated rings. The first-order chi connectivity index (χ1) is 25.1. The van der Waals surface area contributed by atoms with Crippen molar-refractivity contribution in [3.05, 3.63) is 0 Å². The van der Waals surface area contributed by atoms with E-state index in [-0.39, 0.29) is 6.29 Å². The summed E-state index contributed by atoms with van der Waals surface area (Å²) in [5.41, 5.74) is -2.18. The van der Waals surface area contributed by atoms with Crippen molar-refractivity contribution in [1.82, 2.24) is 0 Å². The molecule has 0 saturated heterocycles. The highest BCUT2D eigenvalue weighted by Gasteiger charge is 2.41. The number of carbonyl (C=O) groups excluding carboxylic acids is 1. The Hall–Kier alpha value is -1.59. The van der Waals surface area contributed by atoms with Crippen LogP contribution >= 0.6 is 0 Å². The second-order valence-corrected chi connectivity index (χ2v) is 16.1. The number of unbranched alkanes of at least 4 members (excludes halogenated alkanes) is 22. The number of carboxylic acids is 2. The third-order valence-electron chi connectivity index (χ3n) is 9.72. The largest absolute Gasteiger partial charge is 0.481 e. The van der Waals surface area contributed by atoms with Crippen LogP contribution in [0.5, 0.6) is 0 Å². The molecule has 0 spiro atoms. The number of aliphatic hydroxyl groups is 5. The Labute approximate surface area is 324 Å². The molecule has 0 aromatic heterocycles. The lowest BCUT2D eigenvalue weighted by atomic mass is 9.90. The summed E-state index contributed by atoms with van der Waals surface area (Å²) in [5.74, 6) is 0.424. The number of aldehydes is 1. The Balaban J connectivity index is -0.000000726. The molecule has 318 valence electrons. The molecule has 0 aliphatic rings. The Kier molecular flexibility index (Phi) is 42.2. The molecule has 0 bridgehead atoms. The number of aliphatic carboxylic acids is 2. The Bertz CT molecular complexity index is 756. The molecule has 4 atom stereocenters. The van der Waals surface area contributed by atoms with Gasteiger partial charge in [0.1, 0.15) is 23.9 Å². The van der Waals surface area contributed by atoms with Gasteiger partial charge >= 0.3 is 11.9 Å². The summed E-state index contributed by atoms with van der Waals surface area (Å²) in [6, 6.07) is 0. The Morgan fingerprint density at radius 1 is 0.509 bits per heavy atom. The monoisotopic (exact) mass is 763 g/mol. The zero-order chi connectivity index (χ0) is 40.8. The highest BCUT2D eigenvalue weighted by atomic mass is 16.4. The van der Waals surface area contributed by atoms with Crippen molar-refractivity contribution >= 4 is 18.2 Å². The van der Waals surface area contributed by atoms with Crippen LogP contribution in [0.3, 0.4) is 0 Å². The maximum Gasteiger partial charge on any atom is 0.303 e. The molecule has 0 aliphatic heterocycles. The number of hydrogen-bond donors (Lipinski definition) is 7. The van der Waals surface area contributed by atoms with E-state index in [0.29, 0.717) is 12.8 Å². The summed E-state index contributed by atoms with van der Waals surface area (Å²) in [6.07, 6.45) is 29.5. The second kappa shape index (κ2) is 40.1. The second-order valence-electron chi connectivity index (χ2n) is 16.1. The molecule has 0 aromatic rings. The van der Waals surface area contributed by atoms with E-state index in [1.165, 1.54) is 141 Å². The average molecular weight is 763 g/mol. The highest BCUT2D eigenvalue weighted by molar-refractivity contribution is 5.66. The summed E-state index contributed by atoms with van der Waals surface area (Å²) < 4.78 is 0. The van der Waals surface area contributed by atoms with Gasteiger partial charge in [0.15, 0.2) is 6.29 Å². The molecule has 0 unspecified atom stereocenters. The molecule has 53 heavy (non-hydrogen) atoms. The number of carboxylic acid groups (broad SMARTS) is 2. The van der Waals surface area contributed by atoms with E-state index >= 15 is 0 Å². The van der Waals surface area contributed by atoms with E-state index in [0.717, 1.165) is 44.4 Å². The summed E-state index contributed by atoms with van der Waals surface area (Å²) in [4.78, 5) is 30.8. The Morgan fingerprint density at radius 3 is 0.962 bits per heavy atom. The number of hydrogen-bond acceptors (Lipinski definition) is 8. The number of rotatable bonds is 35. The molecular weight excluding hydrogens is 676 g/mol. The predicted octanol–water partition coefficient (Wildman–Crippen LogP) is 9.39. The zero-order valence-corrected chi connectivity index (χ0v) is 34.8. The summed E-state index contributed by atoms with van der Waals surface area (Å²) in [5, 5.41) is 61.8. The smallest absolute Gasteiger partial charge is 0.303 e. The fraction of sp³-hybridized carbons (Fsp3) is 0.930. The SMILES string of the molecule is CC(C)CCCCCCCCCCCCCCC(=O)O.CC(C)CCCCCCCCCCCCCCC(=O)O.C[C@](O)([C@H](O)[C@H](O)CO)[C@@H](O)C=O. The van der Waals surface area contributed by atoms with Gasteiger partial charge in [-0.1, -0.05) is 182 Å². The minimum Gasteiger partial charge on any atom is -0.481 e. The van der Waals surface area contributed by atoms with Gasteiger partial charge in [0, 0.05) is 12.8 Å². The van der Waals surface area contributed by atoms with Gasteiger partial charge in [-0.25, -0.2) is 0 Å². The number of carbonyl (C=O) groups is 3. The van der Waals surface area contributed by atoms with Crippen molar-refractivity contribution in [3.8, 4) is 0 Å². The first-order valence-electron chi connectivity index (χ1n) is 21.4. The molecule has 10 heteroatoms. The third-order valence-corrected chi connectivity index (χ3v) is 9.72. The molecule has 0 saturated carbocycles. The topological polar surface area (TPSA) is 193 Å². The van der Waals surface area contributed by atoms with Crippen LogP contribution in [0.25, 0.3) is 0 Å². The van der Waals surface area contributed by atoms with Crippen LogP contribution < -0.4 is 0 Å². The lowest BCUT2D eigenvalue weighted by Gasteiger charge is -2.32. The van der Waals surface area contributed by atoms with E-state index in [1.807, 2.05) is 0 Å². The third kappa shape index (κ3) is 43.0. The van der Waals surface area contributed by atoms with Gasteiger partial charge in [-0.05, 0) is 31.6 Å². The van der Waals surface area contributed by atoms with Crippen LogP contribution in [-0.4, -0.2) is 84.5 Å². The van der Waals surface area contributed by atoms with Gasteiger partial charge in [0.2, 0.25) is 0 Å². The molecular formula is C43H86O10. The lowest BCUT2D eigenvalue weighted by molar-refractivity contribution is -0.173. The van der Waals surface area contributed by atoms with Crippen LogP contribution in [-0.2, 0) is 14.4 Å². The van der Waals surface area contributed by atoms with Crippen molar-refractivity contribution in [2.75, 3.05) is 6.61 Å². The van der Waals surface area contributed by atoms with E-state index in [2.05, 4.69) is 27.7 Å². The molecule has 0 radical (unpaired) electrons. The molecule has 0 amide bonds. The van der Waals surface area contributed by atoms with Crippen molar-refractivity contribution in [1.29, 1.82) is 0 Å². The molecule has 0 aromatic carbocycles. The van der Waals surface area contributed by atoms with Crippen molar-refractivity contribution < 1.29 is 50.1 Å². The van der Waals surface area contributed by atoms with Gasteiger partial charge in [0.25, 0.3) is 0 Å². The highest BCUT2D eigenvalue weighted by Crippen LogP contribution is 2.18. The first-order valence-corrected chi connectivity index (χ1v) is 21.4. The van der Waals surface area contributed by atoms with Crippen LogP contribution in [0.1, 0.15) is 214 Å². The van der Waals surface area contributed by atoms with E-state index < -0.39 is 42.5 Å². The van der Waals surface area contributed by atoms with E-state index in [4.69, 9.17) is 30.6 Å². The van der Waals surface area contributed by atoms with Crippen LogP contribution in [0, 0.1) is 11.8 Å². The fourth-order valence-electron chi connectivity index (χ4n) is 6.00. The molecule has 10 nitrogen and oxygen atoms in total. The molecule has 0 aliphatic carbocycles. The van der Waals surface area contributed by atoms with Gasteiger partial charge in [-0.2, -0.15) is 0 Å². The summed E-state index contributed by atoms with van der Waals surface area (Å²) in [6.45, 7) is 9.44. The zero-order valence-electron chi connectivity index (χ0n) is 34.8. The molecule has 0 rings (SSSR count). The van der Waals surface area contributed by atoms with Gasteiger partial charge in [-0.3, -0.25) is 9.59 Å². The van der Waals surface area contributed by atoms with Crippen LogP contribution in [0.15, 0.2) is 0 Å². The van der Waals surface area contributed by atoms with Crippen molar-refractivity contribution in [2.45, 2.75) is 238 Å². The fourth-order valence-corrected chi connectivity index (χ4v) is 6.00. The van der Waals surface area contributed by atoms with E-state index in [1.54, 1.807) is 0 Å². The van der Waals surface area contributed by atoms with Crippen LogP contribution in [0.4, 0.5) is 0 Å².